The van der Waals surface area contributed by atoms with Crippen LogP contribution in [0.1, 0.15) is 12.5 Å². The van der Waals surface area contributed by atoms with Crippen molar-refractivity contribution >= 4 is 32.8 Å². The largest absolute Gasteiger partial charge is 0.326 e. The van der Waals surface area contributed by atoms with Gasteiger partial charge in [-0.25, -0.2) is 8.42 Å². The number of nitrogens with one attached hydrogen (secondary N) is 1. The molecular weight excluding hydrogens is 366 g/mol. The van der Waals surface area contributed by atoms with Crippen LogP contribution in [0.2, 0.25) is 0 Å². The number of nitro groups is 2. The molecule has 10 nitrogen and oxygen atoms in total. The number of carbonyl (C=O) groups excluding carboxylic acids is 1. The van der Waals surface area contributed by atoms with E-state index in [9.17, 15) is 33.4 Å². The van der Waals surface area contributed by atoms with Crippen LogP contribution in [-0.2, 0) is 14.6 Å². The summed E-state index contributed by atoms with van der Waals surface area (Å²) in [6.45, 7) is 2.53. The van der Waals surface area contributed by atoms with Gasteiger partial charge in [0.25, 0.3) is 11.4 Å². The quantitative estimate of drug-likeness (QED) is 0.619. The number of nitro benzene ring substituents is 2. The lowest BCUT2D eigenvalue weighted by Gasteiger charge is -2.09. The van der Waals surface area contributed by atoms with Crippen molar-refractivity contribution in [3.8, 4) is 0 Å². The van der Waals surface area contributed by atoms with Gasteiger partial charge in [-0.3, -0.25) is 25.0 Å². The molecule has 136 valence electrons. The molecule has 2 aromatic rings. The Labute approximate surface area is 147 Å². The summed E-state index contributed by atoms with van der Waals surface area (Å²) >= 11 is 0. The molecule has 0 radical (unpaired) electrons. The molecule has 0 aliphatic heterocycles. The maximum Gasteiger partial charge on any atom is 0.295 e. The zero-order valence-electron chi connectivity index (χ0n) is 13.6. The highest BCUT2D eigenvalue weighted by atomic mass is 32.2. The molecule has 0 atom stereocenters. The van der Waals surface area contributed by atoms with Crippen LogP contribution >= 0.6 is 0 Å². The molecule has 11 heteroatoms. The first-order valence-electron chi connectivity index (χ1n) is 7.10. The second kappa shape index (κ2) is 6.88. The summed E-state index contributed by atoms with van der Waals surface area (Å²) in [5.41, 5.74) is -1.21. The van der Waals surface area contributed by atoms with E-state index in [0.717, 1.165) is 6.07 Å². The number of nitrogens with zero attached hydrogens (tertiary/aromatic N) is 2. The molecule has 0 saturated heterocycles. The van der Waals surface area contributed by atoms with Gasteiger partial charge >= 0.3 is 0 Å². The van der Waals surface area contributed by atoms with Gasteiger partial charge < -0.3 is 5.32 Å². The highest BCUT2D eigenvalue weighted by Gasteiger charge is 2.32. The predicted molar refractivity (Wildman–Crippen MR) is 90.7 cm³/mol. The zero-order valence-corrected chi connectivity index (χ0v) is 14.4. The van der Waals surface area contributed by atoms with Crippen molar-refractivity contribution in [1.29, 1.82) is 0 Å². The maximum absolute atomic E-state index is 12.8. The van der Waals surface area contributed by atoms with E-state index < -0.39 is 36.0 Å². The lowest BCUT2D eigenvalue weighted by atomic mass is 10.2. The minimum atomic E-state index is -4.31. The van der Waals surface area contributed by atoms with Crippen molar-refractivity contribution in [3.05, 3.63) is 62.2 Å². The van der Waals surface area contributed by atoms with Gasteiger partial charge in [0.1, 0.15) is 0 Å². The number of amides is 1. The first-order chi connectivity index (χ1) is 12.0. The van der Waals surface area contributed by atoms with Crippen molar-refractivity contribution in [2.45, 2.75) is 23.6 Å². The summed E-state index contributed by atoms with van der Waals surface area (Å²) in [5, 5.41) is 24.6. The normalized spacial score (nSPS) is 11.0. The van der Waals surface area contributed by atoms with Gasteiger partial charge in [0.2, 0.25) is 15.7 Å². The van der Waals surface area contributed by atoms with Crippen LogP contribution < -0.4 is 5.32 Å². The first-order valence-corrected chi connectivity index (χ1v) is 8.58. The molecule has 0 aliphatic carbocycles. The van der Waals surface area contributed by atoms with E-state index in [-0.39, 0.29) is 16.4 Å². The first kappa shape index (κ1) is 19.0. The molecule has 0 aliphatic rings. The fourth-order valence-corrected chi connectivity index (χ4v) is 3.99. The molecule has 1 amide bonds. The SMILES string of the molecule is CC(=O)Nc1ccc(S(=O)(=O)c2c(C)cc([N+](=O)[O-])cc2[N+](=O)[O-])cc1. The van der Waals surface area contributed by atoms with Gasteiger partial charge in [0.05, 0.1) is 20.8 Å². The fraction of sp³-hybridized carbons (Fsp3) is 0.133. The third-order valence-electron chi connectivity index (χ3n) is 3.40. The van der Waals surface area contributed by atoms with Crippen LogP contribution in [0.15, 0.2) is 46.2 Å². The molecule has 2 rings (SSSR count). The average Bonchev–Trinajstić information content (AvgIpc) is 2.53. The number of carbonyl (C=O) groups is 1. The third kappa shape index (κ3) is 3.67. The minimum absolute atomic E-state index is 0.114. The maximum atomic E-state index is 12.8. The Kier molecular flexibility index (Phi) is 5.02. The highest BCUT2D eigenvalue weighted by molar-refractivity contribution is 7.91. The van der Waals surface area contributed by atoms with Crippen LogP contribution in [0.25, 0.3) is 0 Å². The number of rotatable bonds is 5. The summed E-state index contributed by atoms with van der Waals surface area (Å²) in [4.78, 5) is 30.5. The molecule has 0 bridgehead atoms. The fourth-order valence-electron chi connectivity index (χ4n) is 2.37. The lowest BCUT2D eigenvalue weighted by Crippen LogP contribution is -2.09. The smallest absolute Gasteiger partial charge is 0.295 e. The lowest BCUT2D eigenvalue weighted by molar-refractivity contribution is -0.396. The number of aryl methyl sites for hydroxylation is 1. The van der Waals surface area contributed by atoms with Crippen LogP contribution in [0.3, 0.4) is 0 Å². The Hall–Kier alpha value is -3.34. The van der Waals surface area contributed by atoms with Gasteiger partial charge in [0, 0.05) is 18.7 Å². The number of benzene rings is 2. The molecule has 2 aromatic carbocycles. The van der Waals surface area contributed by atoms with Crippen LogP contribution in [-0.4, -0.2) is 24.2 Å². The van der Waals surface area contributed by atoms with E-state index in [0.29, 0.717) is 11.8 Å². The van der Waals surface area contributed by atoms with Crippen LogP contribution in [0.5, 0.6) is 0 Å². The number of hydrogen-bond acceptors (Lipinski definition) is 7. The predicted octanol–water partition coefficient (Wildman–Crippen LogP) is 2.60. The van der Waals surface area contributed by atoms with Gasteiger partial charge in [-0.05, 0) is 36.8 Å². The summed E-state index contributed by atoms with van der Waals surface area (Å²) in [6.07, 6.45) is 0. The molecule has 0 spiro atoms. The van der Waals surface area contributed by atoms with E-state index in [2.05, 4.69) is 5.32 Å². The van der Waals surface area contributed by atoms with Gasteiger partial charge in [-0.2, -0.15) is 0 Å². The highest BCUT2D eigenvalue weighted by Crippen LogP contribution is 2.35. The number of hydrogen-bond donors (Lipinski definition) is 1. The Bertz CT molecular complexity index is 1010. The Morgan fingerprint density at radius 2 is 1.62 bits per heavy atom. The zero-order chi connectivity index (χ0) is 19.6. The number of sulfone groups is 1. The van der Waals surface area contributed by atoms with Gasteiger partial charge in [-0.15, -0.1) is 0 Å². The summed E-state index contributed by atoms with van der Waals surface area (Å²) < 4.78 is 25.7. The summed E-state index contributed by atoms with van der Waals surface area (Å²) in [5.74, 6) is -0.345. The summed E-state index contributed by atoms with van der Waals surface area (Å²) in [7, 11) is -4.31. The molecular formula is C15H13N3O7S. The molecule has 26 heavy (non-hydrogen) atoms. The molecule has 0 saturated carbocycles. The number of non-ortho nitro benzene ring substituents is 1. The monoisotopic (exact) mass is 379 g/mol. The molecule has 1 N–H and O–H groups in total. The van der Waals surface area contributed by atoms with Crippen molar-refractivity contribution in [3.63, 3.8) is 0 Å². The van der Waals surface area contributed by atoms with Gasteiger partial charge in [-0.1, -0.05) is 0 Å². The Morgan fingerprint density at radius 1 is 1.04 bits per heavy atom. The molecule has 0 heterocycles. The Morgan fingerprint density at radius 3 is 2.08 bits per heavy atom. The molecule has 0 unspecified atom stereocenters. The Balaban J connectivity index is 2.63. The molecule has 0 aromatic heterocycles. The van der Waals surface area contributed by atoms with Crippen molar-refractivity contribution < 1.29 is 23.1 Å². The van der Waals surface area contributed by atoms with E-state index in [1.54, 1.807) is 0 Å². The van der Waals surface area contributed by atoms with Gasteiger partial charge in [0.15, 0.2) is 4.90 Å². The second-order valence-electron chi connectivity index (χ2n) is 5.33. The number of anilines is 1. The van der Waals surface area contributed by atoms with Crippen molar-refractivity contribution in [2.24, 2.45) is 0 Å². The third-order valence-corrected chi connectivity index (χ3v) is 5.36. The topological polar surface area (TPSA) is 150 Å². The van der Waals surface area contributed by atoms with E-state index in [4.69, 9.17) is 0 Å². The van der Waals surface area contributed by atoms with Crippen LogP contribution in [0, 0.1) is 27.2 Å². The van der Waals surface area contributed by atoms with E-state index >= 15 is 0 Å². The average molecular weight is 379 g/mol. The minimum Gasteiger partial charge on any atom is -0.326 e. The van der Waals surface area contributed by atoms with Crippen molar-refractivity contribution in [2.75, 3.05) is 5.32 Å². The standard InChI is InChI=1S/C15H13N3O7S/c1-9-7-12(17(20)21)8-14(18(22)23)15(9)26(24,25)13-5-3-11(4-6-13)16-10(2)19/h3-8H,1-2H3,(H,16,19). The van der Waals surface area contributed by atoms with Crippen molar-refractivity contribution in [1.82, 2.24) is 0 Å². The van der Waals surface area contributed by atoms with E-state index in [1.807, 2.05) is 0 Å². The summed E-state index contributed by atoms with van der Waals surface area (Å²) in [6, 6.07) is 6.62. The second-order valence-corrected chi connectivity index (χ2v) is 7.22. The van der Waals surface area contributed by atoms with E-state index in [1.165, 1.54) is 38.1 Å². The van der Waals surface area contributed by atoms with Crippen LogP contribution in [0.4, 0.5) is 17.1 Å². The molecule has 0 fully saturated rings.